The van der Waals surface area contributed by atoms with Gasteiger partial charge in [0.25, 0.3) is 0 Å². The number of anilines is 2. The molecule has 32 heavy (non-hydrogen) atoms. The number of amides is 1. The van der Waals surface area contributed by atoms with E-state index in [0.29, 0.717) is 30.8 Å². The lowest BCUT2D eigenvalue weighted by Gasteiger charge is -2.24. The number of likely N-dealkylation sites (N-methyl/N-ethyl adjacent to an activating group) is 1. The number of nitrogens with zero attached hydrogens (tertiary/aromatic N) is 1. The summed E-state index contributed by atoms with van der Waals surface area (Å²) in [5, 5.41) is 13.3. The lowest BCUT2D eigenvalue weighted by molar-refractivity contribution is -0.116. The standard InChI is InChI=1S/C23H31N3O5S/c1-16-4-10-21(20-9-11-22(28)24-23(16)20)31-15-19(27)14-26(2)13-12-17-5-7-18(8-6-17)25-32(3,29)30/h4-8,10,19,25,27H,9,11-15H2,1-3H3,(H,24,28). The molecule has 1 atom stereocenters. The highest BCUT2D eigenvalue weighted by molar-refractivity contribution is 7.92. The van der Waals surface area contributed by atoms with Crippen LogP contribution in [0.5, 0.6) is 5.75 Å². The molecule has 2 aromatic rings. The van der Waals surface area contributed by atoms with E-state index in [1.165, 1.54) is 0 Å². The topological polar surface area (TPSA) is 108 Å². The van der Waals surface area contributed by atoms with Crippen LogP contribution in [0.15, 0.2) is 36.4 Å². The summed E-state index contributed by atoms with van der Waals surface area (Å²) in [5.41, 5.74) is 4.42. The molecule has 0 bridgehead atoms. The molecule has 1 aliphatic heterocycles. The molecule has 3 rings (SSSR count). The summed E-state index contributed by atoms with van der Waals surface area (Å²) >= 11 is 0. The molecule has 0 spiro atoms. The molecule has 8 nitrogen and oxygen atoms in total. The lowest BCUT2D eigenvalue weighted by Crippen LogP contribution is -2.34. The van der Waals surface area contributed by atoms with Gasteiger partial charge in [-0.25, -0.2) is 8.42 Å². The Morgan fingerprint density at radius 1 is 1.19 bits per heavy atom. The van der Waals surface area contributed by atoms with Crippen molar-refractivity contribution in [2.24, 2.45) is 0 Å². The van der Waals surface area contributed by atoms with E-state index in [1.54, 1.807) is 12.1 Å². The first-order valence-corrected chi connectivity index (χ1v) is 12.5. The molecule has 0 radical (unpaired) electrons. The zero-order valence-electron chi connectivity index (χ0n) is 18.7. The van der Waals surface area contributed by atoms with Crippen LogP contribution in [-0.4, -0.2) is 63.4 Å². The van der Waals surface area contributed by atoms with E-state index >= 15 is 0 Å². The number of ether oxygens (including phenoxy) is 1. The molecule has 0 aliphatic carbocycles. The van der Waals surface area contributed by atoms with E-state index < -0.39 is 16.1 Å². The Bertz CT molecular complexity index is 1050. The molecule has 9 heteroatoms. The minimum Gasteiger partial charge on any atom is -0.490 e. The van der Waals surface area contributed by atoms with Crippen molar-refractivity contribution in [3.63, 3.8) is 0 Å². The number of rotatable bonds is 10. The molecule has 3 N–H and O–H groups in total. The fourth-order valence-corrected chi connectivity index (χ4v) is 4.27. The molecular weight excluding hydrogens is 430 g/mol. The van der Waals surface area contributed by atoms with Crippen molar-refractivity contribution in [3.8, 4) is 5.75 Å². The molecule has 0 saturated heterocycles. The first-order chi connectivity index (χ1) is 15.1. The largest absolute Gasteiger partial charge is 0.490 e. The van der Waals surface area contributed by atoms with Crippen molar-refractivity contribution in [2.45, 2.75) is 32.3 Å². The summed E-state index contributed by atoms with van der Waals surface area (Å²) in [5.74, 6) is 0.718. The van der Waals surface area contributed by atoms with E-state index in [-0.39, 0.29) is 12.5 Å². The maximum atomic E-state index is 11.7. The maximum absolute atomic E-state index is 11.7. The predicted octanol–water partition coefficient (Wildman–Crippen LogP) is 2.17. The number of carbonyl (C=O) groups excluding carboxylic acids is 1. The molecule has 174 valence electrons. The molecule has 1 unspecified atom stereocenters. The highest BCUT2D eigenvalue weighted by Gasteiger charge is 2.21. The fourth-order valence-electron chi connectivity index (χ4n) is 3.71. The minimum atomic E-state index is -3.28. The van der Waals surface area contributed by atoms with Crippen LogP contribution < -0.4 is 14.8 Å². The van der Waals surface area contributed by atoms with E-state index in [2.05, 4.69) is 10.0 Å². The van der Waals surface area contributed by atoms with Crippen molar-refractivity contribution in [1.82, 2.24) is 4.90 Å². The van der Waals surface area contributed by atoms with Gasteiger partial charge >= 0.3 is 0 Å². The molecule has 0 fully saturated rings. The molecule has 1 heterocycles. The van der Waals surface area contributed by atoms with E-state index in [1.807, 2.05) is 43.1 Å². The smallest absolute Gasteiger partial charge is 0.229 e. The van der Waals surface area contributed by atoms with Gasteiger partial charge in [-0.3, -0.25) is 9.52 Å². The maximum Gasteiger partial charge on any atom is 0.229 e. The van der Waals surface area contributed by atoms with Gasteiger partial charge in [-0.15, -0.1) is 0 Å². The van der Waals surface area contributed by atoms with Crippen LogP contribution in [0.3, 0.4) is 0 Å². The Morgan fingerprint density at radius 3 is 2.59 bits per heavy atom. The van der Waals surface area contributed by atoms with Crippen molar-refractivity contribution in [3.05, 3.63) is 53.1 Å². The zero-order chi connectivity index (χ0) is 23.3. The summed E-state index contributed by atoms with van der Waals surface area (Å²) in [6.45, 7) is 3.31. The normalized spacial score (nSPS) is 14.6. The highest BCUT2D eigenvalue weighted by Crippen LogP contribution is 2.34. The Hall–Kier alpha value is -2.62. The second-order valence-electron chi connectivity index (χ2n) is 8.33. The minimum absolute atomic E-state index is 0.0145. The van der Waals surface area contributed by atoms with Crippen molar-refractivity contribution in [1.29, 1.82) is 0 Å². The van der Waals surface area contributed by atoms with Gasteiger partial charge in [0.15, 0.2) is 0 Å². The number of nitrogens with one attached hydrogen (secondary N) is 2. The first kappa shape index (κ1) is 24.0. The molecule has 2 aromatic carbocycles. The predicted molar refractivity (Wildman–Crippen MR) is 126 cm³/mol. The van der Waals surface area contributed by atoms with E-state index in [4.69, 9.17) is 4.74 Å². The average Bonchev–Trinajstić information content (AvgIpc) is 2.72. The van der Waals surface area contributed by atoms with Gasteiger partial charge in [0.2, 0.25) is 15.9 Å². The highest BCUT2D eigenvalue weighted by atomic mass is 32.2. The number of fused-ring (bicyclic) bond motifs is 1. The summed E-state index contributed by atoms with van der Waals surface area (Å²) in [6.07, 6.45) is 2.30. The van der Waals surface area contributed by atoms with Gasteiger partial charge in [0.05, 0.1) is 11.9 Å². The van der Waals surface area contributed by atoms with Crippen molar-refractivity contribution < 1.29 is 23.1 Å². The van der Waals surface area contributed by atoms with E-state index in [0.717, 1.165) is 41.6 Å². The quantitative estimate of drug-likeness (QED) is 0.501. The summed E-state index contributed by atoms with van der Waals surface area (Å²) in [4.78, 5) is 13.7. The number of aryl methyl sites for hydroxylation is 1. The SMILES string of the molecule is Cc1ccc(OCC(O)CN(C)CCc2ccc(NS(C)(=O)=O)cc2)c2c1NC(=O)CC2. The number of hydrogen-bond donors (Lipinski definition) is 3. The Kier molecular flexibility index (Phi) is 7.76. The van der Waals surface area contributed by atoms with Crippen LogP contribution in [0.4, 0.5) is 11.4 Å². The van der Waals surface area contributed by atoms with Gasteiger partial charge in [-0.1, -0.05) is 18.2 Å². The van der Waals surface area contributed by atoms with Crippen LogP contribution in [0.25, 0.3) is 0 Å². The molecule has 0 aromatic heterocycles. The van der Waals surface area contributed by atoms with Crippen LogP contribution in [-0.2, 0) is 27.7 Å². The number of benzene rings is 2. The van der Waals surface area contributed by atoms with Crippen LogP contribution in [0, 0.1) is 6.92 Å². The van der Waals surface area contributed by atoms with Crippen LogP contribution in [0.1, 0.15) is 23.1 Å². The Morgan fingerprint density at radius 2 is 1.91 bits per heavy atom. The molecular formula is C23H31N3O5S. The third-order valence-electron chi connectivity index (χ3n) is 5.34. The third-order valence-corrected chi connectivity index (χ3v) is 5.94. The Balaban J connectivity index is 1.46. The van der Waals surface area contributed by atoms with Crippen LogP contribution in [0.2, 0.25) is 0 Å². The number of aliphatic hydroxyl groups is 1. The van der Waals surface area contributed by atoms with Gasteiger partial charge < -0.3 is 20.1 Å². The number of carbonyl (C=O) groups is 1. The first-order valence-electron chi connectivity index (χ1n) is 10.6. The van der Waals surface area contributed by atoms with E-state index in [9.17, 15) is 18.3 Å². The van der Waals surface area contributed by atoms with Gasteiger partial charge in [-0.05, 0) is 56.1 Å². The summed E-state index contributed by atoms with van der Waals surface area (Å²) in [7, 11) is -1.34. The number of hydrogen-bond acceptors (Lipinski definition) is 6. The van der Waals surface area contributed by atoms with Gasteiger partial charge in [0.1, 0.15) is 18.5 Å². The second kappa shape index (κ2) is 10.3. The van der Waals surface area contributed by atoms with Crippen molar-refractivity contribution in [2.75, 3.05) is 43.0 Å². The lowest BCUT2D eigenvalue weighted by atomic mass is 9.98. The van der Waals surface area contributed by atoms with Crippen molar-refractivity contribution >= 4 is 27.3 Å². The van der Waals surface area contributed by atoms with Gasteiger partial charge in [-0.2, -0.15) is 0 Å². The zero-order valence-corrected chi connectivity index (χ0v) is 19.5. The Labute approximate surface area is 189 Å². The monoisotopic (exact) mass is 461 g/mol. The molecule has 0 saturated carbocycles. The third kappa shape index (κ3) is 6.94. The average molecular weight is 462 g/mol. The van der Waals surface area contributed by atoms with Crippen LogP contribution >= 0.6 is 0 Å². The second-order valence-corrected chi connectivity index (χ2v) is 10.1. The molecule has 1 aliphatic rings. The van der Waals surface area contributed by atoms with Gasteiger partial charge in [0, 0.05) is 30.8 Å². The number of sulfonamides is 1. The summed E-state index contributed by atoms with van der Waals surface area (Å²) < 4.78 is 30.9. The summed E-state index contributed by atoms with van der Waals surface area (Å²) in [6, 6.07) is 11.1. The fraction of sp³-hybridized carbons (Fsp3) is 0.435. The molecule has 1 amide bonds. The number of aliphatic hydroxyl groups excluding tert-OH is 1.